The van der Waals surface area contributed by atoms with Crippen LogP contribution in [0.5, 0.6) is 5.75 Å². The highest BCUT2D eigenvalue weighted by atomic mass is 79.9. The molecule has 0 saturated heterocycles. The average molecular weight is 442 g/mol. The maximum absolute atomic E-state index is 13.1. The van der Waals surface area contributed by atoms with E-state index in [-0.39, 0.29) is 21.3 Å². The molecule has 0 spiro atoms. The van der Waals surface area contributed by atoms with Crippen molar-refractivity contribution in [1.82, 2.24) is 5.01 Å². The minimum Gasteiger partial charge on any atom is -0.495 e. The van der Waals surface area contributed by atoms with Crippen LogP contribution < -0.4 is 10.2 Å². The third-order valence-electron chi connectivity index (χ3n) is 4.48. The van der Waals surface area contributed by atoms with Crippen LogP contribution in [0.2, 0.25) is 0 Å². The van der Waals surface area contributed by atoms with Crippen molar-refractivity contribution in [1.29, 1.82) is 0 Å². The van der Waals surface area contributed by atoms with E-state index < -0.39 is 16.7 Å². The van der Waals surface area contributed by atoms with Crippen molar-refractivity contribution >= 4 is 49.9 Å². The lowest BCUT2D eigenvalue weighted by atomic mass is 9.94. The van der Waals surface area contributed by atoms with E-state index in [2.05, 4.69) is 21.4 Å². The molecule has 0 aliphatic carbocycles. The summed E-state index contributed by atoms with van der Waals surface area (Å²) in [7, 11) is 1.47. The number of rotatable bonds is 4. The highest BCUT2D eigenvalue weighted by molar-refractivity contribution is 9.10. The summed E-state index contributed by atoms with van der Waals surface area (Å²) in [6, 6.07) is 12.8. The second-order valence-corrected chi connectivity index (χ2v) is 6.79. The predicted octanol–water partition coefficient (Wildman–Crippen LogP) is 4.14. The first-order valence-electron chi connectivity index (χ1n) is 8.12. The number of hydrazine groups is 1. The Morgan fingerprint density at radius 1 is 1.07 bits per heavy atom. The summed E-state index contributed by atoms with van der Waals surface area (Å²) in [4.78, 5) is 36.9. The van der Waals surface area contributed by atoms with Crippen molar-refractivity contribution in [2.24, 2.45) is 0 Å². The molecule has 1 aliphatic rings. The lowest BCUT2D eigenvalue weighted by Crippen LogP contribution is -2.44. The number of nitrogens with one attached hydrogen (secondary N) is 1. The van der Waals surface area contributed by atoms with Crippen LogP contribution in [-0.4, -0.2) is 28.9 Å². The van der Waals surface area contributed by atoms with Gasteiger partial charge >= 0.3 is 0 Å². The fourth-order valence-corrected chi connectivity index (χ4v) is 3.80. The van der Waals surface area contributed by atoms with Gasteiger partial charge in [-0.25, -0.2) is 0 Å². The van der Waals surface area contributed by atoms with E-state index in [4.69, 9.17) is 4.74 Å². The number of halogens is 1. The van der Waals surface area contributed by atoms with Gasteiger partial charge in [0.1, 0.15) is 10.2 Å². The Kier molecular flexibility index (Phi) is 4.23. The average Bonchev–Trinajstić information content (AvgIpc) is 2.70. The molecule has 0 atom stereocenters. The first-order valence-corrected chi connectivity index (χ1v) is 8.91. The van der Waals surface area contributed by atoms with Crippen molar-refractivity contribution in [3.8, 4) is 5.75 Å². The maximum Gasteiger partial charge on any atom is 0.284 e. The van der Waals surface area contributed by atoms with E-state index >= 15 is 0 Å². The summed E-state index contributed by atoms with van der Waals surface area (Å²) in [5.41, 5.74) is 3.28. The van der Waals surface area contributed by atoms with Gasteiger partial charge < -0.3 is 4.74 Å². The van der Waals surface area contributed by atoms with Crippen LogP contribution in [0, 0.1) is 10.1 Å². The molecule has 3 aromatic carbocycles. The zero-order valence-electron chi connectivity index (χ0n) is 14.4. The molecule has 140 valence electrons. The first kappa shape index (κ1) is 17.9. The van der Waals surface area contributed by atoms with E-state index in [1.165, 1.54) is 13.2 Å². The maximum atomic E-state index is 13.1. The Bertz CT molecular complexity index is 1180. The van der Waals surface area contributed by atoms with Gasteiger partial charge in [0.25, 0.3) is 17.5 Å². The zero-order chi connectivity index (χ0) is 20.0. The van der Waals surface area contributed by atoms with Gasteiger partial charge in [-0.2, -0.15) is 5.01 Å². The SMILES string of the molecule is COc1ccccc1NN1C(=O)c2cccc3c(Br)c([N+](=O)[O-])cc(c23)C1=O. The van der Waals surface area contributed by atoms with E-state index in [0.717, 1.165) is 5.01 Å². The van der Waals surface area contributed by atoms with Gasteiger partial charge in [-0.1, -0.05) is 24.3 Å². The molecule has 1 aliphatic heterocycles. The number of nitro groups is 1. The van der Waals surface area contributed by atoms with Gasteiger partial charge in [-0.3, -0.25) is 25.1 Å². The van der Waals surface area contributed by atoms with Gasteiger partial charge in [-0.15, -0.1) is 0 Å². The fraction of sp³-hybridized carbons (Fsp3) is 0.0526. The number of benzene rings is 3. The zero-order valence-corrected chi connectivity index (χ0v) is 16.0. The summed E-state index contributed by atoms with van der Waals surface area (Å²) in [5.74, 6) is -0.807. The van der Waals surface area contributed by atoms with E-state index in [9.17, 15) is 19.7 Å². The van der Waals surface area contributed by atoms with E-state index in [1.807, 2.05) is 0 Å². The van der Waals surface area contributed by atoms with Crippen molar-refractivity contribution in [2.75, 3.05) is 12.5 Å². The lowest BCUT2D eigenvalue weighted by Gasteiger charge is -2.28. The van der Waals surface area contributed by atoms with Crippen LogP contribution in [0.4, 0.5) is 11.4 Å². The standard InChI is InChI=1S/C19H12BrN3O5/c1-28-15-8-3-2-7-13(15)21-22-18(24)11-6-4-5-10-16(11)12(19(22)25)9-14(17(10)20)23(26)27/h2-9,21H,1H3. The fourth-order valence-electron chi connectivity index (χ4n) is 3.21. The quantitative estimate of drug-likeness (QED) is 0.370. The van der Waals surface area contributed by atoms with Crippen molar-refractivity contribution in [2.45, 2.75) is 0 Å². The molecule has 0 unspecified atom stereocenters. The smallest absolute Gasteiger partial charge is 0.284 e. The minimum absolute atomic E-state index is 0.0718. The number of carbonyl (C=O) groups is 2. The highest BCUT2D eigenvalue weighted by Crippen LogP contribution is 2.40. The second-order valence-electron chi connectivity index (χ2n) is 6.00. The van der Waals surface area contributed by atoms with Gasteiger partial charge in [-0.05, 0) is 34.1 Å². The van der Waals surface area contributed by atoms with E-state index in [0.29, 0.717) is 22.2 Å². The number of ether oxygens (including phenoxy) is 1. The summed E-state index contributed by atoms with van der Waals surface area (Å²) in [5, 5.41) is 13.1. The Balaban J connectivity index is 1.90. The third-order valence-corrected chi connectivity index (χ3v) is 5.31. The number of para-hydroxylation sites is 2. The molecule has 4 rings (SSSR count). The molecule has 0 saturated carbocycles. The summed E-state index contributed by atoms with van der Waals surface area (Å²) < 4.78 is 5.47. The summed E-state index contributed by atoms with van der Waals surface area (Å²) in [6.07, 6.45) is 0. The number of nitrogens with zero attached hydrogens (tertiary/aromatic N) is 2. The van der Waals surface area contributed by atoms with Crippen molar-refractivity contribution < 1.29 is 19.2 Å². The van der Waals surface area contributed by atoms with Crippen LogP contribution in [0.3, 0.4) is 0 Å². The number of methoxy groups -OCH3 is 1. The number of carbonyl (C=O) groups excluding carboxylic acids is 2. The second kappa shape index (κ2) is 6.61. The molecular formula is C19H12BrN3O5. The summed E-state index contributed by atoms with van der Waals surface area (Å²) in [6.45, 7) is 0. The summed E-state index contributed by atoms with van der Waals surface area (Å²) >= 11 is 3.22. The molecule has 1 heterocycles. The Morgan fingerprint density at radius 2 is 1.79 bits per heavy atom. The van der Waals surface area contributed by atoms with Gasteiger partial charge in [0, 0.05) is 16.8 Å². The van der Waals surface area contributed by atoms with Crippen LogP contribution in [-0.2, 0) is 0 Å². The molecule has 0 bridgehead atoms. The minimum atomic E-state index is -0.685. The monoisotopic (exact) mass is 441 g/mol. The largest absolute Gasteiger partial charge is 0.495 e. The van der Waals surface area contributed by atoms with Gasteiger partial charge in [0.05, 0.1) is 28.8 Å². The molecular weight excluding hydrogens is 430 g/mol. The number of nitro benzene ring substituents is 1. The molecule has 0 fully saturated rings. The van der Waals surface area contributed by atoms with Gasteiger partial charge in [0.2, 0.25) is 0 Å². The number of hydrogen-bond acceptors (Lipinski definition) is 6. The van der Waals surface area contributed by atoms with Gasteiger partial charge in [0.15, 0.2) is 0 Å². The van der Waals surface area contributed by atoms with Crippen LogP contribution in [0.1, 0.15) is 20.7 Å². The Hall–Kier alpha value is -3.46. The molecule has 8 nitrogen and oxygen atoms in total. The topological polar surface area (TPSA) is 102 Å². The first-order chi connectivity index (χ1) is 13.4. The predicted molar refractivity (Wildman–Crippen MR) is 105 cm³/mol. The van der Waals surface area contributed by atoms with Crippen LogP contribution in [0.25, 0.3) is 10.8 Å². The number of anilines is 1. The van der Waals surface area contributed by atoms with Crippen molar-refractivity contribution in [3.63, 3.8) is 0 Å². The molecule has 0 radical (unpaired) electrons. The number of imide groups is 1. The number of amides is 2. The molecule has 3 aromatic rings. The third kappa shape index (κ3) is 2.59. The Morgan fingerprint density at radius 3 is 2.50 bits per heavy atom. The molecule has 2 amide bonds. The van der Waals surface area contributed by atoms with Crippen molar-refractivity contribution in [3.05, 3.63) is 74.2 Å². The molecule has 9 heteroatoms. The van der Waals surface area contributed by atoms with Crippen LogP contribution >= 0.6 is 15.9 Å². The highest BCUT2D eigenvalue weighted by Gasteiger charge is 2.36. The molecule has 1 N–H and O–H groups in total. The van der Waals surface area contributed by atoms with Crippen LogP contribution in [0.15, 0.2) is 53.0 Å². The lowest BCUT2D eigenvalue weighted by molar-refractivity contribution is -0.385. The molecule has 28 heavy (non-hydrogen) atoms. The number of hydrogen-bond donors (Lipinski definition) is 1. The molecule has 0 aromatic heterocycles. The van der Waals surface area contributed by atoms with E-state index in [1.54, 1.807) is 42.5 Å². The Labute approximate surface area is 166 Å². The normalized spacial score (nSPS) is 13.0.